The summed E-state index contributed by atoms with van der Waals surface area (Å²) >= 11 is 0. The van der Waals surface area contributed by atoms with Gasteiger partial charge < -0.3 is 5.11 Å². The molecule has 0 amide bonds. The molecule has 1 rings (SSSR count). The molecule has 0 spiro atoms. The van der Waals surface area contributed by atoms with E-state index in [4.69, 9.17) is 9.94 Å². The van der Waals surface area contributed by atoms with Crippen LogP contribution in [0.3, 0.4) is 0 Å². The van der Waals surface area contributed by atoms with Crippen LogP contribution in [0.2, 0.25) is 0 Å². The monoisotopic (exact) mass is 247 g/mol. The number of aliphatic carboxylic acids is 1. The van der Waals surface area contributed by atoms with Gasteiger partial charge in [0.15, 0.2) is 0 Å². The van der Waals surface area contributed by atoms with E-state index in [1.54, 1.807) is 13.8 Å². The number of carboxylic acids is 1. The maximum Gasteiger partial charge on any atom is 0.354 e. The van der Waals surface area contributed by atoms with Crippen LogP contribution in [-0.4, -0.2) is 17.7 Å². The Morgan fingerprint density at radius 2 is 2.00 bits per heavy atom. The lowest BCUT2D eigenvalue weighted by Crippen LogP contribution is -2.21. The molecular weight excluding hydrogens is 230 g/mol. The fourth-order valence-electron chi connectivity index (χ4n) is 1.27. The van der Waals surface area contributed by atoms with Crippen LogP contribution in [0.25, 0.3) is 6.08 Å². The van der Waals surface area contributed by atoms with Crippen LogP contribution in [0.4, 0.5) is 0 Å². The highest BCUT2D eigenvalue weighted by molar-refractivity contribution is 5.86. The molecule has 0 aromatic heterocycles. The Kier molecular flexibility index (Phi) is 5.67. The van der Waals surface area contributed by atoms with Gasteiger partial charge in [-0.05, 0) is 25.0 Å². The van der Waals surface area contributed by atoms with E-state index in [2.05, 4.69) is 5.48 Å². The highest BCUT2D eigenvalue weighted by atomic mass is 16.6. The summed E-state index contributed by atoms with van der Waals surface area (Å²) < 4.78 is 0. The lowest BCUT2D eigenvalue weighted by atomic mass is 10.2. The number of hydroxylamine groups is 1. The van der Waals surface area contributed by atoms with Crippen molar-refractivity contribution in [3.63, 3.8) is 0 Å². The van der Waals surface area contributed by atoms with Gasteiger partial charge in [-0.2, -0.15) is 0 Å². The van der Waals surface area contributed by atoms with E-state index >= 15 is 0 Å². The first-order chi connectivity index (χ1) is 8.61. The summed E-state index contributed by atoms with van der Waals surface area (Å²) in [6.07, 6.45) is 3.72. The van der Waals surface area contributed by atoms with Crippen molar-refractivity contribution in [2.75, 3.05) is 6.61 Å². The summed E-state index contributed by atoms with van der Waals surface area (Å²) in [6, 6.07) is 9.80. The second-order valence-electron chi connectivity index (χ2n) is 3.91. The van der Waals surface area contributed by atoms with Gasteiger partial charge in [0, 0.05) is 0 Å². The minimum absolute atomic E-state index is 0.0723. The van der Waals surface area contributed by atoms with Crippen molar-refractivity contribution in [3.05, 3.63) is 53.2 Å². The van der Waals surface area contributed by atoms with Gasteiger partial charge >= 0.3 is 5.97 Å². The van der Waals surface area contributed by atoms with Crippen molar-refractivity contribution in [3.8, 4) is 0 Å². The summed E-state index contributed by atoms with van der Waals surface area (Å²) in [5, 5.41) is 8.86. The van der Waals surface area contributed by atoms with Crippen LogP contribution < -0.4 is 5.48 Å². The van der Waals surface area contributed by atoms with Gasteiger partial charge in [0.05, 0.1) is 6.61 Å². The molecule has 0 aliphatic heterocycles. The molecule has 4 nitrogen and oxygen atoms in total. The average molecular weight is 247 g/mol. The Morgan fingerprint density at radius 1 is 1.33 bits per heavy atom. The molecule has 96 valence electrons. The van der Waals surface area contributed by atoms with E-state index in [0.29, 0.717) is 12.2 Å². The van der Waals surface area contributed by atoms with Gasteiger partial charge in [-0.25, -0.2) is 4.79 Å². The number of carboxylic acid groups (broad SMARTS) is 1. The molecule has 0 heterocycles. The van der Waals surface area contributed by atoms with Crippen LogP contribution in [0.5, 0.6) is 0 Å². The Balaban J connectivity index is 2.37. The van der Waals surface area contributed by atoms with E-state index in [0.717, 1.165) is 5.56 Å². The fraction of sp³-hybridized carbons (Fsp3) is 0.214. The SMILES string of the molecule is CC(C)=C(NOCC=Cc1ccccc1)C(=O)O. The third-order valence-corrected chi connectivity index (χ3v) is 2.18. The molecule has 0 fully saturated rings. The first kappa shape index (κ1) is 14.0. The van der Waals surface area contributed by atoms with Crippen LogP contribution in [0, 0.1) is 0 Å². The third kappa shape index (κ3) is 4.84. The van der Waals surface area contributed by atoms with E-state index in [1.807, 2.05) is 42.5 Å². The van der Waals surface area contributed by atoms with Crippen molar-refractivity contribution in [2.24, 2.45) is 0 Å². The second-order valence-corrected chi connectivity index (χ2v) is 3.91. The Morgan fingerprint density at radius 3 is 2.56 bits per heavy atom. The second kappa shape index (κ2) is 7.29. The molecular formula is C14H17NO3. The Bertz CT molecular complexity index is 445. The van der Waals surface area contributed by atoms with Gasteiger partial charge in [0.1, 0.15) is 5.70 Å². The molecule has 0 saturated carbocycles. The number of allylic oxidation sites excluding steroid dienone is 1. The van der Waals surface area contributed by atoms with Gasteiger partial charge in [0.2, 0.25) is 0 Å². The van der Waals surface area contributed by atoms with Gasteiger partial charge in [-0.1, -0.05) is 42.5 Å². The van der Waals surface area contributed by atoms with Gasteiger partial charge in [-0.15, -0.1) is 0 Å². The average Bonchev–Trinajstić information content (AvgIpc) is 2.34. The molecule has 2 N–H and O–H groups in total. The summed E-state index contributed by atoms with van der Waals surface area (Å²) in [4.78, 5) is 15.9. The zero-order valence-electron chi connectivity index (χ0n) is 10.5. The topological polar surface area (TPSA) is 58.6 Å². The Hall–Kier alpha value is -2.07. The molecule has 0 saturated heterocycles. The molecule has 0 aliphatic rings. The zero-order chi connectivity index (χ0) is 13.4. The predicted octanol–water partition coefficient (Wildman–Crippen LogP) is 2.60. The molecule has 0 atom stereocenters. The summed E-state index contributed by atoms with van der Waals surface area (Å²) in [5.41, 5.74) is 4.24. The molecule has 1 aromatic rings. The summed E-state index contributed by atoms with van der Waals surface area (Å²) in [5.74, 6) is -1.03. The smallest absolute Gasteiger partial charge is 0.354 e. The lowest BCUT2D eigenvalue weighted by molar-refractivity contribution is -0.134. The predicted molar refractivity (Wildman–Crippen MR) is 70.6 cm³/mol. The van der Waals surface area contributed by atoms with E-state index < -0.39 is 5.97 Å². The summed E-state index contributed by atoms with van der Waals surface area (Å²) in [7, 11) is 0. The van der Waals surface area contributed by atoms with Crippen molar-refractivity contribution in [1.29, 1.82) is 0 Å². The van der Waals surface area contributed by atoms with Crippen molar-refractivity contribution in [1.82, 2.24) is 5.48 Å². The van der Waals surface area contributed by atoms with Crippen molar-refractivity contribution < 1.29 is 14.7 Å². The quantitative estimate of drug-likeness (QED) is 0.461. The van der Waals surface area contributed by atoms with E-state index in [9.17, 15) is 4.79 Å². The summed E-state index contributed by atoms with van der Waals surface area (Å²) in [6.45, 7) is 3.71. The van der Waals surface area contributed by atoms with Gasteiger partial charge in [0.25, 0.3) is 0 Å². The van der Waals surface area contributed by atoms with E-state index in [-0.39, 0.29) is 5.70 Å². The Labute approximate surface area is 107 Å². The van der Waals surface area contributed by atoms with Crippen LogP contribution in [0.15, 0.2) is 47.7 Å². The molecule has 0 bridgehead atoms. The first-order valence-corrected chi connectivity index (χ1v) is 5.61. The van der Waals surface area contributed by atoms with Crippen LogP contribution in [0.1, 0.15) is 19.4 Å². The number of benzene rings is 1. The standard InChI is InChI=1S/C14H17NO3/c1-11(2)13(14(16)17)15-18-10-6-9-12-7-4-3-5-8-12/h3-9,15H,10H2,1-2H3,(H,16,17). The lowest BCUT2D eigenvalue weighted by Gasteiger charge is -2.07. The minimum atomic E-state index is -1.03. The molecule has 4 heteroatoms. The highest BCUT2D eigenvalue weighted by Crippen LogP contribution is 2.01. The molecule has 0 unspecified atom stereocenters. The molecule has 0 radical (unpaired) electrons. The van der Waals surface area contributed by atoms with Crippen molar-refractivity contribution in [2.45, 2.75) is 13.8 Å². The van der Waals surface area contributed by atoms with E-state index in [1.165, 1.54) is 0 Å². The fourth-order valence-corrected chi connectivity index (χ4v) is 1.27. The largest absolute Gasteiger partial charge is 0.477 e. The maximum absolute atomic E-state index is 10.8. The normalized spacial score (nSPS) is 10.3. The first-order valence-electron chi connectivity index (χ1n) is 5.61. The zero-order valence-corrected chi connectivity index (χ0v) is 10.5. The van der Waals surface area contributed by atoms with Crippen molar-refractivity contribution >= 4 is 12.0 Å². The highest BCUT2D eigenvalue weighted by Gasteiger charge is 2.07. The number of hydrogen-bond acceptors (Lipinski definition) is 3. The van der Waals surface area contributed by atoms with Crippen LogP contribution in [-0.2, 0) is 9.63 Å². The number of nitrogens with one attached hydrogen (secondary N) is 1. The number of rotatable bonds is 6. The molecule has 1 aromatic carbocycles. The third-order valence-electron chi connectivity index (χ3n) is 2.18. The number of carbonyl (C=O) groups is 1. The molecule has 0 aliphatic carbocycles. The minimum Gasteiger partial charge on any atom is -0.477 e. The van der Waals surface area contributed by atoms with Crippen LogP contribution >= 0.6 is 0 Å². The molecule has 18 heavy (non-hydrogen) atoms. The number of hydrogen-bond donors (Lipinski definition) is 2. The maximum atomic E-state index is 10.8. The van der Waals surface area contributed by atoms with Gasteiger partial charge in [-0.3, -0.25) is 10.3 Å².